The number of hydrogen-bond acceptors (Lipinski definition) is 8. The van der Waals surface area contributed by atoms with E-state index in [0.29, 0.717) is 57.0 Å². The molecule has 2 aliphatic rings. The van der Waals surface area contributed by atoms with E-state index in [4.69, 9.17) is 9.47 Å². The number of aryl methyl sites for hydroxylation is 1. The molecule has 0 unspecified atom stereocenters. The standard InChI is InChI=1S/C32H41N7O5/c1-43-28-10-5-9-26-29(28)44-20-6-17-39-22-25(36-37-39)13-18-38(32(42)24-11-14-33-15-12-24)19-16-34-31(41)27(35-30(26)40)21-23-7-3-2-4-8-23/h2-5,7-10,22,24,27,33H,6,11-21H2,1H3,(H,34,41)(H,35,40)/t27-/m0/s1. The van der Waals surface area contributed by atoms with Crippen molar-refractivity contribution in [2.24, 2.45) is 5.92 Å². The maximum atomic E-state index is 13.7. The highest BCUT2D eigenvalue weighted by Crippen LogP contribution is 2.31. The maximum absolute atomic E-state index is 13.7. The van der Waals surface area contributed by atoms with Crippen molar-refractivity contribution in [1.29, 1.82) is 0 Å². The van der Waals surface area contributed by atoms with Gasteiger partial charge in [0, 0.05) is 57.6 Å². The van der Waals surface area contributed by atoms with Crippen molar-refractivity contribution in [2.45, 2.75) is 44.7 Å². The minimum atomic E-state index is -0.853. The lowest BCUT2D eigenvalue weighted by atomic mass is 9.96. The number of piperidine rings is 1. The molecule has 0 saturated carbocycles. The van der Waals surface area contributed by atoms with Crippen molar-refractivity contribution in [3.05, 3.63) is 71.5 Å². The molecule has 3 amide bonds. The SMILES string of the molecule is COc1cccc2c1OCCCn1cc(nn1)CCN(C(=O)C1CCNCC1)CCNC(=O)[C@H](Cc1ccccc1)NC2=O. The molecular weight excluding hydrogens is 562 g/mol. The number of hydrogen-bond donors (Lipinski definition) is 3. The zero-order valence-electron chi connectivity index (χ0n) is 25.2. The van der Waals surface area contributed by atoms with Crippen LogP contribution in [0.25, 0.3) is 0 Å². The van der Waals surface area contributed by atoms with Crippen LogP contribution < -0.4 is 25.4 Å². The molecule has 0 aliphatic carbocycles. The second-order valence-electron chi connectivity index (χ2n) is 11.1. The Balaban J connectivity index is 1.39. The lowest BCUT2D eigenvalue weighted by Gasteiger charge is -2.30. The number of carbonyl (C=O) groups is 3. The molecule has 2 aliphatic heterocycles. The van der Waals surface area contributed by atoms with E-state index in [2.05, 4.69) is 26.3 Å². The number of methoxy groups -OCH3 is 1. The van der Waals surface area contributed by atoms with Gasteiger partial charge >= 0.3 is 0 Å². The Kier molecular flexibility index (Phi) is 10.8. The molecule has 12 heteroatoms. The Morgan fingerprint density at radius 3 is 2.64 bits per heavy atom. The summed E-state index contributed by atoms with van der Waals surface area (Å²) in [5.74, 6) is 0.00583. The monoisotopic (exact) mass is 603 g/mol. The molecule has 2 aromatic carbocycles. The van der Waals surface area contributed by atoms with Crippen molar-refractivity contribution in [2.75, 3.05) is 46.4 Å². The Labute approximate surface area is 257 Å². The number of para-hydroxylation sites is 1. The molecular formula is C32H41N7O5. The van der Waals surface area contributed by atoms with E-state index < -0.39 is 11.9 Å². The van der Waals surface area contributed by atoms with Crippen LogP contribution in [-0.4, -0.2) is 90.1 Å². The van der Waals surface area contributed by atoms with E-state index >= 15 is 0 Å². The van der Waals surface area contributed by atoms with E-state index in [0.717, 1.165) is 37.2 Å². The first-order valence-corrected chi connectivity index (χ1v) is 15.3. The number of rotatable bonds is 4. The van der Waals surface area contributed by atoms with Gasteiger partial charge in [-0.2, -0.15) is 0 Å². The Bertz CT molecular complexity index is 1410. The summed E-state index contributed by atoms with van der Waals surface area (Å²) in [5, 5.41) is 17.8. The fraction of sp³-hybridized carbons (Fsp3) is 0.469. The Morgan fingerprint density at radius 2 is 1.84 bits per heavy atom. The van der Waals surface area contributed by atoms with Crippen molar-refractivity contribution in [3.63, 3.8) is 0 Å². The predicted octanol–water partition coefficient (Wildman–Crippen LogP) is 1.60. The van der Waals surface area contributed by atoms with Gasteiger partial charge in [0.2, 0.25) is 11.8 Å². The molecule has 1 aromatic heterocycles. The molecule has 1 atom stereocenters. The van der Waals surface area contributed by atoms with Crippen LogP contribution in [0.2, 0.25) is 0 Å². The number of aromatic nitrogens is 3. The van der Waals surface area contributed by atoms with Crippen molar-refractivity contribution >= 4 is 17.7 Å². The van der Waals surface area contributed by atoms with Gasteiger partial charge in [-0.1, -0.05) is 41.6 Å². The maximum Gasteiger partial charge on any atom is 0.255 e. The lowest BCUT2D eigenvalue weighted by Crippen LogP contribution is -2.50. The third-order valence-corrected chi connectivity index (χ3v) is 8.03. The second kappa shape index (κ2) is 15.3. The largest absolute Gasteiger partial charge is 0.493 e. The highest BCUT2D eigenvalue weighted by molar-refractivity contribution is 6.00. The molecule has 0 radical (unpaired) electrons. The molecule has 3 heterocycles. The van der Waals surface area contributed by atoms with Crippen LogP contribution >= 0.6 is 0 Å². The average Bonchev–Trinajstić information content (AvgIpc) is 3.51. The van der Waals surface area contributed by atoms with E-state index in [-0.39, 0.29) is 29.8 Å². The van der Waals surface area contributed by atoms with Gasteiger partial charge < -0.3 is 30.3 Å². The summed E-state index contributed by atoms with van der Waals surface area (Å²) in [7, 11) is 1.52. The van der Waals surface area contributed by atoms with E-state index in [1.54, 1.807) is 22.9 Å². The van der Waals surface area contributed by atoms with Gasteiger partial charge in [0.15, 0.2) is 11.5 Å². The number of amides is 3. The van der Waals surface area contributed by atoms with Crippen LogP contribution in [0.5, 0.6) is 11.5 Å². The molecule has 5 rings (SSSR count). The van der Waals surface area contributed by atoms with Crippen LogP contribution in [0.4, 0.5) is 0 Å². The third kappa shape index (κ3) is 8.13. The van der Waals surface area contributed by atoms with E-state index in [1.165, 1.54) is 7.11 Å². The first kappa shape index (κ1) is 31.0. The highest BCUT2D eigenvalue weighted by Gasteiger charge is 2.28. The molecule has 2 bridgehead atoms. The molecule has 3 aromatic rings. The minimum absolute atomic E-state index is 0.0496. The average molecular weight is 604 g/mol. The summed E-state index contributed by atoms with van der Waals surface area (Å²) in [4.78, 5) is 42.6. The Morgan fingerprint density at radius 1 is 1.02 bits per heavy atom. The predicted molar refractivity (Wildman–Crippen MR) is 163 cm³/mol. The zero-order chi connectivity index (χ0) is 30.7. The number of fused-ring (bicyclic) bond motifs is 3. The summed E-state index contributed by atoms with van der Waals surface area (Å²) >= 11 is 0. The first-order chi connectivity index (χ1) is 21.5. The fourth-order valence-electron chi connectivity index (χ4n) is 5.61. The van der Waals surface area contributed by atoms with Gasteiger partial charge in [0.05, 0.1) is 25.0 Å². The summed E-state index contributed by atoms with van der Waals surface area (Å²) in [6.45, 7) is 3.57. The normalized spacial score (nSPS) is 19.3. The molecule has 1 fully saturated rings. The third-order valence-electron chi connectivity index (χ3n) is 8.03. The summed E-state index contributed by atoms with van der Waals surface area (Å²) in [5.41, 5.74) is 1.97. The quantitative estimate of drug-likeness (QED) is 0.409. The molecule has 44 heavy (non-hydrogen) atoms. The van der Waals surface area contributed by atoms with Gasteiger partial charge in [-0.05, 0) is 43.6 Å². The summed E-state index contributed by atoms with van der Waals surface area (Å²) < 4.78 is 13.3. The minimum Gasteiger partial charge on any atom is -0.493 e. The number of nitrogens with one attached hydrogen (secondary N) is 3. The Hall–Kier alpha value is -4.45. The van der Waals surface area contributed by atoms with Gasteiger partial charge in [0.1, 0.15) is 6.04 Å². The van der Waals surface area contributed by atoms with Gasteiger partial charge in [0.25, 0.3) is 5.91 Å². The molecule has 12 nitrogen and oxygen atoms in total. The van der Waals surface area contributed by atoms with Crippen LogP contribution in [0.3, 0.4) is 0 Å². The zero-order valence-corrected chi connectivity index (χ0v) is 25.2. The lowest BCUT2D eigenvalue weighted by molar-refractivity contribution is -0.136. The van der Waals surface area contributed by atoms with E-state index in [9.17, 15) is 14.4 Å². The van der Waals surface area contributed by atoms with E-state index in [1.807, 2.05) is 41.4 Å². The molecule has 3 N–H and O–H groups in total. The highest BCUT2D eigenvalue weighted by atomic mass is 16.5. The number of carbonyl (C=O) groups excluding carboxylic acids is 3. The summed E-state index contributed by atoms with van der Waals surface area (Å²) in [6.07, 6.45) is 4.93. The fourth-order valence-corrected chi connectivity index (χ4v) is 5.61. The second-order valence-corrected chi connectivity index (χ2v) is 11.1. The summed E-state index contributed by atoms with van der Waals surface area (Å²) in [6, 6.07) is 13.8. The van der Waals surface area contributed by atoms with Gasteiger partial charge in [-0.3, -0.25) is 19.1 Å². The topological polar surface area (TPSA) is 140 Å². The molecule has 1 saturated heterocycles. The van der Waals surface area contributed by atoms with Crippen molar-refractivity contribution in [3.8, 4) is 11.5 Å². The van der Waals surface area contributed by atoms with Crippen molar-refractivity contribution in [1.82, 2.24) is 35.8 Å². The number of ether oxygens (including phenoxy) is 2. The van der Waals surface area contributed by atoms with Crippen LogP contribution in [-0.2, 0) is 29.0 Å². The van der Waals surface area contributed by atoms with Gasteiger partial charge in [-0.25, -0.2) is 0 Å². The van der Waals surface area contributed by atoms with Crippen LogP contribution in [0, 0.1) is 5.92 Å². The van der Waals surface area contributed by atoms with Crippen molar-refractivity contribution < 1.29 is 23.9 Å². The molecule has 234 valence electrons. The van der Waals surface area contributed by atoms with Gasteiger partial charge in [-0.15, -0.1) is 5.10 Å². The molecule has 0 spiro atoms. The number of benzene rings is 2. The number of nitrogens with zero attached hydrogens (tertiary/aromatic N) is 4. The van der Waals surface area contributed by atoms with Crippen LogP contribution in [0.15, 0.2) is 54.7 Å². The smallest absolute Gasteiger partial charge is 0.255 e. The first-order valence-electron chi connectivity index (χ1n) is 15.3. The van der Waals surface area contributed by atoms with Crippen LogP contribution in [0.1, 0.15) is 40.9 Å².